The first-order chi connectivity index (χ1) is 14.9. The van der Waals surface area contributed by atoms with E-state index in [0.29, 0.717) is 21.3 Å². The molecule has 156 valence electrons. The van der Waals surface area contributed by atoms with Gasteiger partial charge in [-0.2, -0.15) is 0 Å². The number of hydrogen-bond donors (Lipinski definition) is 1. The number of thioether (sulfide) groups is 1. The second-order valence-corrected chi connectivity index (χ2v) is 9.40. The summed E-state index contributed by atoms with van der Waals surface area (Å²) in [5.74, 6) is -0.737. The third kappa shape index (κ3) is 4.28. The maximum atomic E-state index is 13.5. The summed E-state index contributed by atoms with van der Waals surface area (Å²) in [6.07, 6.45) is 0. The molecule has 4 nitrogen and oxygen atoms in total. The molecule has 7 heteroatoms. The first-order valence-corrected chi connectivity index (χ1v) is 11.5. The Labute approximate surface area is 198 Å². The van der Waals surface area contributed by atoms with Crippen molar-refractivity contribution in [1.29, 1.82) is 0 Å². The fourth-order valence-corrected chi connectivity index (χ4v) is 4.67. The lowest BCUT2D eigenvalue weighted by molar-refractivity contribution is -0.120. The maximum Gasteiger partial charge on any atom is 0.283 e. The lowest BCUT2D eigenvalue weighted by atomic mass is 10.1. The molecule has 0 spiro atoms. The average Bonchev–Trinajstić information content (AvgIpc) is 2.97. The number of hydrogen-bond acceptors (Lipinski definition) is 4. The van der Waals surface area contributed by atoms with E-state index in [2.05, 4.69) is 21.2 Å². The SMILES string of the molecule is Cc1cccc(N2C(=O)C(Nc3ccccc3Br)=C(Sc3ccc(Cl)cc3)C2=O)c1C. The molecule has 3 aromatic carbocycles. The Kier molecular flexibility index (Phi) is 6.23. The predicted octanol–water partition coefficient (Wildman–Crippen LogP) is 6.71. The second kappa shape index (κ2) is 8.91. The normalized spacial score (nSPS) is 13.9. The van der Waals surface area contributed by atoms with Gasteiger partial charge in [0.2, 0.25) is 0 Å². The number of amides is 2. The van der Waals surface area contributed by atoms with Crippen LogP contribution >= 0.6 is 39.3 Å². The van der Waals surface area contributed by atoms with Gasteiger partial charge in [-0.1, -0.05) is 47.6 Å². The first-order valence-electron chi connectivity index (χ1n) is 9.51. The van der Waals surface area contributed by atoms with Gasteiger partial charge in [-0.05, 0) is 83.4 Å². The van der Waals surface area contributed by atoms with Crippen molar-refractivity contribution in [2.75, 3.05) is 10.2 Å². The number of rotatable bonds is 5. The summed E-state index contributed by atoms with van der Waals surface area (Å²) in [7, 11) is 0. The molecular formula is C24H18BrClN2O2S. The molecular weight excluding hydrogens is 496 g/mol. The van der Waals surface area contributed by atoms with Gasteiger partial charge >= 0.3 is 0 Å². The lowest BCUT2D eigenvalue weighted by Crippen LogP contribution is -2.33. The number of anilines is 2. The Hall–Kier alpha value is -2.54. The van der Waals surface area contributed by atoms with Crippen LogP contribution in [-0.4, -0.2) is 11.8 Å². The Balaban J connectivity index is 1.79. The van der Waals surface area contributed by atoms with Crippen molar-refractivity contribution in [2.24, 2.45) is 0 Å². The molecule has 4 rings (SSSR count). The molecule has 1 N–H and O–H groups in total. The summed E-state index contributed by atoms with van der Waals surface area (Å²) in [6, 6.07) is 20.3. The molecule has 0 aromatic heterocycles. The van der Waals surface area contributed by atoms with Crippen molar-refractivity contribution in [3.63, 3.8) is 0 Å². The molecule has 1 aliphatic heterocycles. The van der Waals surface area contributed by atoms with E-state index >= 15 is 0 Å². The highest BCUT2D eigenvalue weighted by molar-refractivity contribution is 9.10. The minimum absolute atomic E-state index is 0.248. The largest absolute Gasteiger partial charge is 0.349 e. The molecule has 0 aliphatic carbocycles. The second-order valence-electron chi connectivity index (χ2n) is 7.03. The number of carbonyl (C=O) groups is 2. The Morgan fingerprint density at radius 3 is 2.32 bits per heavy atom. The number of benzene rings is 3. The van der Waals surface area contributed by atoms with Crippen LogP contribution in [0.5, 0.6) is 0 Å². The van der Waals surface area contributed by atoms with Gasteiger partial charge in [0, 0.05) is 14.4 Å². The number of para-hydroxylation sites is 1. The Morgan fingerprint density at radius 1 is 0.903 bits per heavy atom. The van der Waals surface area contributed by atoms with Crippen LogP contribution in [0.2, 0.25) is 5.02 Å². The Bertz CT molecular complexity index is 1220. The minimum Gasteiger partial charge on any atom is -0.349 e. The smallest absolute Gasteiger partial charge is 0.283 e. The summed E-state index contributed by atoms with van der Waals surface area (Å²) in [4.78, 5) is 29.4. The zero-order chi connectivity index (χ0) is 22.1. The molecule has 0 unspecified atom stereocenters. The van der Waals surface area contributed by atoms with E-state index in [1.54, 1.807) is 18.2 Å². The van der Waals surface area contributed by atoms with E-state index in [1.807, 2.05) is 62.4 Å². The monoisotopic (exact) mass is 512 g/mol. The Morgan fingerprint density at radius 2 is 1.61 bits per heavy atom. The van der Waals surface area contributed by atoms with Gasteiger partial charge in [0.25, 0.3) is 11.8 Å². The summed E-state index contributed by atoms with van der Waals surface area (Å²) < 4.78 is 0.795. The summed E-state index contributed by atoms with van der Waals surface area (Å²) in [5.41, 5.74) is 3.45. The summed E-state index contributed by atoms with van der Waals surface area (Å²) in [6.45, 7) is 3.87. The highest BCUT2D eigenvalue weighted by Gasteiger charge is 2.41. The topological polar surface area (TPSA) is 49.4 Å². The molecule has 2 amide bonds. The number of aryl methyl sites for hydroxylation is 1. The van der Waals surface area contributed by atoms with Gasteiger partial charge < -0.3 is 5.32 Å². The van der Waals surface area contributed by atoms with Crippen molar-refractivity contribution < 1.29 is 9.59 Å². The molecule has 0 saturated carbocycles. The maximum absolute atomic E-state index is 13.5. The fourth-order valence-electron chi connectivity index (χ4n) is 3.23. The van der Waals surface area contributed by atoms with Crippen LogP contribution in [-0.2, 0) is 9.59 Å². The van der Waals surface area contributed by atoms with Crippen molar-refractivity contribution in [3.05, 3.63) is 98.0 Å². The predicted molar refractivity (Wildman–Crippen MR) is 131 cm³/mol. The third-order valence-electron chi connectivity index (χ3n) is 5.03. The summed E-state index contributed by atoms with van der Waals surface area (Å²) in [5, 5.41) is 3.79. The van der Waals surface area contributed by atoms with Crippen molar-refractivity contribution >= 4 is 62.5 Å². The van der Waals surface area contributed by atoms with Gasteiger partial charge in [-0.25, -0.2) is 4.90 Å². The van der Waals surface area contributed by atoms with Crippen LogP contribution in [0.4, 0.5) is 11.4 Å². The molecule has 3 aromatic rings. The number of carbonyl (C=O) groups excluding carboxylic acids is 2. The third-order valence-corrected chi connectivity index (χ3v) is 7.06. The number of imide groups is 1. The van der Waals surface area contributed by atoms with E-state index in [9.17, 15) is 9.59 Å². The van der Waals surface area contributed by atoms with Crippen molar-refractivity contribution in [2.45, 2.75) is 18.7 Å². The van der Waals surface area contributed by atoms with Crippen LogP contribution in [0.15, 0.2) is 86.7 Å². The molecule has 0 atom stereocenters. The van der Waals surface area contributed by atoms with Crippen LogP contribution < -0.4 is 10.2 Å². The van der Waals surface area contributed by atoms with Gasteiger partial charge in [-0.15, -0.1) is 0 Å². The summed E-state index contributed by atoms with van der Waals surface area (Å²) >= 11 is 10.7. The zero-order valence-corrected chi connectivity index (χ0v) is 19.9. The van der Waals surface area contributed by atoms with Gasteiger partial charge in [0.15, 0.2) is 0 Å². The van der Waals surface area contributed by atoms with Gasteiger partial charge in [0.1, 0.15) is 10.6 Å². The molecule has 0 fully saturated rings. The molecule has 0 bridgehead atoms. The molecule has 1 aliphatic rings. The number of nitrogens with zero attached hydrogens (tertiary/aromatic N) is 1. The highest BCUT2D eigenvalue weighted by atomic mass is 79.9. The van der Waals surface area contributed by atoms with Gasteiger partial charge in [-0.3, -0.25) is 9.59 Å². The number of halogens is 2. The van der Waals surface area contributed by atoms with Crippen LogP contribution in [0.3, 0.4) is 0 Å². The van der Waals surface area contributed by atoms with E-state index in [0.717, 1.165) is 20.5 Å². The van der Waals surface area contributed by atoms with Crippen LogP contribution in [0.1, 0.15) is 11.1 Å². The van der Waals surface area contributed by atoms with Crippen LogP contribution in [0, 0.1) is 13.8 Å². The molecule has 0 saturated heterocycles. The molecule has 1 heterocycles. The van der Waals surface area contributed by atoms with Crippen molar-refractivity contribution in [3.8, 4) is 0 Å². The standard InChI is InChI=1S/C24H18BrClN2O2S/c1-14-6-5-9-20(15(14)2)28-23(29)21(27-19-8-4-3-7-18(19)25)22(24(28)30)31-17-12-10-16(26)11-13-17/h3-13,27H,1-2H3. The average molecular weight is 514 g/mol. The lowest BCUT2D eigenvalue weighted by Gasteiger charge is -2.19. The fraction of sp³-hybridized carbons (Fsp3) is 0.0833. The van der Waals surface area contributed by atoms with Crippen LogP contribution in [0.25, 0.3) is 0 Å². The minimum atomic E-state index is -0.383. The zero-order valence-electron chi connectivity index (χ0n) is 16.8. The quantitative estimate of drug-likeness (QED) is 0.385. The van der Waals surface area contributed by atoms with Crippen molar-refractivity contribution in [1.82, 2.24) is 0 Å². The van der Waals surface area contributed by atoms with E-state index < -0.39 is 0 Å². The molecule has 31 heavy (non-hydrogen) atoms. The van der Waals surface area contributed by atoms with E-state index in [4.69, 9.17) is 11.6 Å². The highest BCUT2D eigenvalue weighted by Crippen LogP contribution is 2.40. The molecule has 0 radical (unpaired) electrons. The van der Waals surface area contributed by atoms with E-state index in [1.165, 1.54) is 16.7 Å². The number of nitrogens with one attached hydrogen (secondary N) is 1. The van der Waals surface area contributed by atoms with Gasteiger partial charge in [0.05, 0.1) is 11.4 Å². The first kappa shape index (κ1) is 21.7. The van der Waals surface area contributed by atoms with E-state index in [-0.39, 0.29) is 17.5 Å².